The van der Waals surface area contributed by atoms with Crippen molar-refractivity contribution in [2.75, 3.05) is 13.2 Å². The number of aliphatic hydroxyl groups is 1. The van der Waals surface area contributed by atoms with Gasteiger partial charge in [0.05, 0.1) is 19.4 Å². The van der Waals surface area contributed by atoms with Crippen molar-refractivity contribution in [3.63, 3.8) is 0 Å². The van der Waals surface area contributed by atoms with Gasteiger partial charge in [-0.15, -0.1) is 0 Å². The van der Waals surface area contributed by atoms with Gasteiger partial charge in [0.25, 0.3) is 0 Å². The van der Waals surface area contributed by atoms with Gasteiger partial charge >= 0.3 is 11.9 Å². The van der Waals surface area contributed by atoms with E-state index in [1.807, 2.05) is 0 Å². The molecule has 0 aromatic carbocycles. The van der Waals surface area contributed by atoms with Crippen molar-refractivity contribution in [3.05, 3.63) is 0 Å². The van der Waals surface area contributed by atoms with Gasteiger partial charge in [0.1, 0.15) is 24.2 Å². The predicted octanol–water partition coefficient (Wildman–Crippen LogP) is -4.30. The largest absolute Gasteiger partial charge is 0.481 e. The monoisotopic (exact) mass is 431 g/mol. The fourth-order valence-electron chi connectivity index (χ4n) is 2.91. The Balaban J connectivity index is 3.01. The Bertz CT molecular complexity index is 713. The van der Waals surface area contributed by atoms with Gasteiger partial charge < -0.3 is 42.3 Å². The van der Waals surface area contributed by atoms with Crippen molar-refractivity contribution in [3.8, 4) is 0 Å². The topological polar surface area (TPSA) is 242 Å². The van der Waals surface area contributed by atoms with Gasteiger partial charge in [-0.25, -0.2) is 4.79 Å². The second-order valence-corrected chi connectivity index (χ2v) is 6.71. The number of nitrogens with one attached hydrogen (secondary N) is 2. The number of carbonyl (C=O) groups is 6. The number of hydrogen-bond donors (Lipinski definition) is 7. The van der Waals surface area contributed by atoms with Crippen LogP contribution in [0.25, 0.3) is 0 Å². The number of hydrogen-bond acceptors (Lipinski definition) is 8. The maximum Gasteiger partial charge on any atom is 0.326 e. The summed E-state index contributed by atoms with van der Waals surface area (Å²) in [6.45, 7) is -0.684. The predicted molar refractivity (Wildman–Crippen MR) is 97.4 cm³/mol. The number of aliphatic hydroxyl groups excluding tert-OH is 1. The number of rotatable bonds is 11. The van der Waals surface area contributed by atoms with Crippen molar-refractivity contribution >= 4 is 35.6 Å². The first kappa shape index (κ1) is 24.8. The summed E-state index contributed by atoms with van der Waals surface area (Å²) >= 11 is 0. The van der Waals surface area contributed by atoms with Gasteiger partial charge in [-0.2, -0.15) is 0 Å². The quantitative estimate of drug-likeness (QED) is 0.166. The number of amides is 4. The van der Waals surface area contributed by atoms with Gasteiger partial charge in [0, 0.05) is 6.54 Å². The molecule has 1 aliphatic rings. The van der Waals surface area contributed by atoms with E-state index >= 15 is 0 Å². The number of likely N-dealkylation sites (tertiary alicyclic amines) is 1. The van der Waals surface area contributed by atoms with E-state index in [9.17, 15) is 33.9 Å². The second kappa shape index (κ2) is 11.1. The summed E-state index contributed by atoms with van der Waals surface area (Å²) < 4.78 is 0. The summed E-state index contributed by atoms with van der Waals surface area (Å²) in [5.74, 6) is -6.70. The van der Waals surface area contributed by atoms with Gasteiger partial charge in [-0.1, -0.05) is 0 Å². The summed E-state index contributed by atoms with van der Waals surface area (Å²) in [5.41, 5.74) is 10.4. The van der Waals surface area contributed by atoms with Crippen LogP contribution in [-0.2, 0) is 28.8 Å². The van der Waals surface area contributed by atoms with Crippen LogP contribution in [0.3, 0.4) is 0 Å². The van der Waals surface area contributed by atoms with Crippen LogP contribution in [0.2, 0.25) is 0 Å². The highest BCUT2D eigenvalue weighted by Crippen LogP contribution is 2.19. The minimum atomic E-state index is -1.64. The molecule has 1 heterocycles. The third-order valence-electron chi connectivity index (χ3n) is 4.39. The van der Waals surface area contributed by atoms with Crippen LogP contribution in [0.5, 0.6) is 0 Å². The lowest BCUT2D eigenvalue weighted by atomic mass is 10.1. The highest BCUT2D eigenvalue weighted by Gasteiger charge is 2.39. The Morgan fingerprint density at radius 1 is 1.00 bits per heavy atom. The fraction of sp³-hybridized carbons (Fsp3) is 0.625. The Kier molecular flexibility index (Phi) is 9.14. The van der Waals surface area contributed by atoms with E-state index in [0.717, 1.165) is 4.90 Å². The van der Waals surface area contributed by atoms with Crippen molar-refractivity contribution in [2.24, 2.45) is 11.5 Å². The Hall–Kier alpha value is -3.26. The number of carboxylic acid groups (broad SMARTS) is 2. The Labute approximate surface area is 170 Å². The Morgan fingerprint density at radius 3 is 2.10 bits per heavy atom. The number of carbonyl (C=O) groups excluding carboxylic acids is 4. The first-order valence-electron chi connectivity index (χ1n) is 8.98. The third-order valence-corrected chi connectivity index (χ3v) is 4.39. The number of carboxylic acids is 2. The van der Waals surface area contributed by atoms with Crippen LogP contribution >= 0.6 is 0 Å². The molecule has 1 fully saturated rings. The van der Waals surface area contributed by atoms with Crippen LogP contribution in [0.4, 0.5) is 0 Å². The lowest BCUT2D eigenvalue weighted by molar-refractivity contribution is -0.150. The molecule has 168 valence electrons. The first-order valence-corrected chi connectivity index (χ1v) is 8.98. The number of aliphatic carboxylic acids is 2. The van der Waals surface area contributed by atoms with E-state index < -0.39 is 79.2 Å². The average Bonchev–Trinajstić information content (AvgIpc) is 3.14. The molecule has 30 heavy (non-hydrogen) atoms. The minimum absolute atomic E-state index is 0.0641. The molecule has 0 aliphatic carbocycles. The van der Waals surface area contributed by atoms with E-state index in [0.29, 0.717) is 6.42 Å². The molecule has 14 nitrogen and oxygen atoms in total. The summed E-state index contributed by atoms with van der Waals surface area (Å²) in [6, 6.07) is -5.79. The third kappa shape index (κ3) is 6.97. The number of nitrogens with two attached hydrogens (primary N) is 2. The van der Waals surface area contributed by atoms with E-state index in [1.165, 1.54) is 0 Å². The SMILES string of the molecule is NC(=O)CC(NC(=O)C(N)CO)C(=O)NC(CC(=O)O)C(=O)N1CCCC1C(=O)O. The van der Waals surface area contributed by atoms with Crippen molar-refractivity contribution in [1.29, 1.82) is 0 Å². The molecule has 4 atom stereocenters. The van der Waals surface area contributed by atoms with Crippen LogP contribution in [-0.4, -0.2) is 93.1 Å². The first-order chi connectivity index (χ1) is 14.0. The van der Waals surface area contributed by atoms with E-state index in [1.54, 1.807) is 0 Å². The molecule has 4 unspecified atom stereocenters. The summed E-state index contributed by atoms with van der Waals surface area (Å²) in [6.07, 6.45) is -0.990. The van der Waals surface area contributed by atoms with Gasteiger partial charge in [-0.3, -0.25) is 24.0 Å². The smallest absolute Gasteiger partial charge is 0.326 e. The molecular weight excluding hydrogens is 406 g/mol. The molecule has 1 saturated heterocycles. The van der Waals surface area contributed by atoms with Crippen molar-refractivity contribution in [1.82, 2.24) is 15.5 Å². The zero-order chi connectivity index (χ0) is 23.0. The normalized spacial score (nSPS) is 18.7. The molecule has 0 saturated carbocycles. The molecule has 14 heteroatoms. The lowest BCUT2D eigenvalue weighted by Gasteiger charge is -2.28. The summed E-state index contributed by atoms with van der Waals surface area (Å²) in [4.78, 5) is 71.7. The molecular formula is C16H25N5O9. The zero-order valence-corrected chi connectivity index (χ0v) is 15.9. The summed E-state index contributed by atoms with van der Waals surface area (Å²) in [5, 5.41) is 31.4. The molecule has 0 radical (unpaired) electrons. The zero-order valence-electron chi connectivity index (χ0n) is 15.9. The van der Waals surface area contributed by atoms with E-state index in [4.69, 9.17) is 21.7 Å². The van der Waals surface area contributed by atoms with Crippen LogP contribution in [0, 0.1) is 0 Å². The fourth-order valence-corrected chi connectivity index (χ4v) is 2.91. The van der Waals surface area contributed by atoms with Crippen LogP contribution in [0.1, 0.15) is 25.7 Å². The van der Waals surface area contributed by atoms with Crippen LogP contribution in [0.15, 0.2) is 0 Å². The van der Waals surface area contributed by atoms with E-state index in [2.05, 4.69) is 10.6 Å². The average molecular weight is 431 g/mol. The number of primary amides is 1. The standard InChI is InChI=1S/C16H25N5O9/c17-7(6-22)13(26)19-8(4-11(18)23)14(27)20-9(5-12(24)25)15(28)21-3-1-2-10(21)16(29)30/h7-10,22H,1-6,17H2,(H2,18,23)(H,19,26)(H,20,27)(H,24,25)(H,29,30). The van der Waals surface area contributed by atoms with E-state index in [-0.39, 0.29) is 13.0 Å². The molecule has 4 amide bonds. The maximum absolute atomic E-state index is 12.7. The molecule has 9 N–H and O–H groups in total. The molecule has 1 rings (SSSR count). The Morgan fingerprint density at radius 2 is 1.60 bits per heavy atom. The highest BCUT2D eigenvalue weighted by molar-refractivity contribution is 5.97. The van der Waals surface area contributed by atoms with Crippen molar-refractivity contribution in [2.45, 2.75) is 49.9 Å². The van der Waals surface area contributed by atoms with Gasteiger partial charge in [-0.05, 0) is 12.8 Å². The molecule has 1 aliphatic heterocycles. The molecule has 0 aromatic rings. The second-order valence-electron chi connectivity index (χ2n) is 6.71. The molecule has 0 bridgehead atoms. The van der Waals surface area contributed by atoms with Gasteiger partial charge in [0.2, 0.25) is 23.6 Å². The number of nitrogens with zero attached hydrogens (tertiary/aromatic N) is 1. The lowest BCUT2D eigenvalue weighted by Crippen LogP contribution is -2.58. The maximum atomic E-state index is 12.7. The van der Waals surface area contributed by atoms with Gasteiger partial charge in [0.15, 0.2) is 0 Å². The molecule has 0 aromatic heterocycles. The highest BCUT2D eigenvalue weighted by atomic mass is 16.4. The van der Waals surface area contributed by atoms with Crippen LogP contribution < -0.4 is 22.1 Å². The summed E-state index contributed by atoms with van der Waals surface area (Å²) in [7, 11) is 0. The van der Waals surface area contributed by atoms with Crippen molar-refractivity contribution < 1.29 is 44.1 Å². The molecule has 0 spiro atoms. The minimum Gasteiger partial charge on any atom is -0.481 e.